The van der Waals surface area contributed by atoms with Crippen molar-refractivity contribution in [2.75, 3.05) is 20.2 Å². The van der Waals surface area contributed by atoms with Crippen LogP contribution in [0, 0.1) is 0 Å². The van der Waals surface area contributed by atoms with Crippen molar-refractivity contribution >= 4 is 5.91 Å². The Morgan fingerprint density at radius 1 is 1.17 bits per heavy atom. The van der Waals surface area contributed by atoms with Crippen LogP contribution >= 0.6 is 0 Å². The molecule has 1 saturated heterocycles. The Morgan fingerprint density at radius 3 is 2.79 bits per heavy atom. The predicted octanol–water partition coefficient (Wildman–Crippen LogP) is 3.26. The van der Waals surface area contributed by atoms with E-state index in [4.69, 9.17) is 9.84 Å². The second-order valence-electron chi connectivity index (χ2n) is 7.39. The van der Waals surface area contributed by atoms with Crippen LogP contribution in [0.4, 0.5) is 0 Å². The Hall–Kier alpha value is -3.12. The van der Waals surface area contributed by atoms with E-state index in [0.29, 0.717) is 13.0 Å². The molecule has 0 bridgehead atoms. The Kier molecular flexibility index (Phi) is 5.62. The largest absolute Gasteiger partial charge is 0.497 e. The van der Waals surface area contributed by atoms with E-state index in [1.165, 1.54) is 0 Å². The molecule has 150 valence electrons. The number of rotatable bonds is 5. The number of methoxy groups -OCH3 is 1. The van der Waals surface area contributed by atoms with E-state index < -0.39 is 0 Å². The minimum atomic E-state index is 0.118. The molecule has 29 heavy (non-hydrogen) atoms. The highest BCUT2D eigenvalue weighted by atomic mass is 16.5. The first-order valence-electron chi connectivity index (χ1n) is 9.93. The summed E-state index contributed by atoms with van der Waals surface area (Å²) in [6.07, 6.45) is 2.61. The molecule has 1 N–H and O–H groups in total. The molecule has 1 aliphatic rings. The summed E-state index contributed by atoms with van der Waals surface area (Å²) in [7, 11) is 1.67. The number of hydrogen-bond donors (Lipinski definition) is 1. The van der Waals surface area contributed by atoms with E-state index >= 15 is 0 Å². The first kappa shape index (κ1) is 19.2. The monoisotopic (exact) mass is 390 g/mol. The molecule has 6 heteroatoms. The standard InChI is InChI=1S/C23H26N4O2/c1-17-14-24-22(28)11-12-26(17)15-19-16-27(20-8-4-3-5-9-20)25-23(19)18-7-6-10-21(13-18)29-2/h3-10,13,16-17H,11-12,14-15H2,1-2H3,(H,24,28). The van der Waals surface area contributed by atoms with Crippen molar-refractivity contribution in [2.24, 2.45) is 0 Å². The van der Waals surface area contributed by atoms with Gasteiger partial charge in [0.05, 0.1) is 18.5 Å². The third kappa shape index (κ3) is 4.32. The third-order valence-electron chi connectivity index (χ3n) is 5.37. The van der Waals surface area contributed by atoms with Crippen molar-refractivity contribution in [1.82, 2.24) is 20.0 Å². The van der Waals surface area contributed by atoms with Crippen LogP contribution in [0.25, 0.3) is 16.9 Å². The molecule has 6 nitrogen and oxygen atoms in total. The van der Waals surface area contributed by atoms with E-state index in [9.17, 15) is 4.79 Å². The van der Waals surface area contributed by atoms with Crippen LogP contribution in [0.3, 0.4) is 0 Å². The lowest BCUT2D eigenvalue weighted by atomic mass is 10.1. The molecule has 0 radical (unpaired) electrons. The van der Waals surface area contributed by atoms with Crippen LogP contribution in [-0.4, -0.2) is 46.8 Å². The van der Waals surface area contributed by atoms with Gasteiger partial charge in [-0.05, 0) is 31.2 Å². The van der Waals surface area contributed by atoms with Crippen molar-refractivity contribution in [3.8, 4) is 22.7 Å². The first-order chi connectivity index (χ1) is 14.1. The zero-order valence-electron chi connectivity index (χ0n) is 16.8. The summed E-state index contributed by atoms with van der Waals surface area (Å²) in [4.78, 5) is 14.1. The van der Waals surface area contributed by atoms with Crippen molar-refractivity contribution in [1.29, 1.82) is 0 Å². The van der Waals surface area contributed by atoms with Gasteiger partial charge in [0.1, 0.15) is 5.75 Å². The van der Waals surface area contributed by atoms with Crippen LogP contribution in [0.15, 0.2) is 60.8 Å². The smallest absolute Gasteiger partial charge is 0.221 e. The van der Waals surface area contributed by atoms with E-state index in [1.54, 1.807) is 7.11 Å². The summed E-state index contributed by atoms with van der Waals surface area (Å²) < 4.78 is 7.34. The van der Waals surface area contributed by atoms with Crippen molar-refractivity contribution < 1.29 is 9.53 Å². The molecule has 1 atom stereocenters. The Labute approximate surface area is 171 Å². The Bertz CT molecular complexity index is 984. The molecular weight excluding hydrogens is 364 g/mol. The lowest BCUT2D eigenvalue weighted by molar-refractivity contribution is -0.120. The van der Waals surface area contributed by atoms with Gasteiger partial charge in [-0.3, -0.25) is 9.69 Å². The van der Waals surface area contributed by atoms with Crippen LogP contribution in [0.5, 0.6) is 5.75 Å². The Morgan fingerprint density at radius 2 is 2.00 bits per heavy atom. The van der Waals surface area contributed by atoms with E-state index in [-0.39, 0.29) is 11.9 Å². The highest BCUT2D eigenvalue weighted by molar-refractivity contribution is 5.76. The molecule has 1 aromatic heterocycles. The van der Waals surface area contributed by atoms with Gasteiger partial charge in [0.2, 0.25) is 5.91 Å². The second kappa shape index (κ2) is 8.49. The SMILES string of the molecule is COc1cccc(-c2nn(-c3ccccc3)cc2CN2CCC(=O)NCC2C)c1. The van der Waals surface area contributed by atoms with E-state index in [1.807, 2.05) is 53.2 Å². The third-order valence-corrected chi connectivity index (χ3v) is 5.37. The molecule has 1 unspecified atom stereocenters. The number of carbonyl (C=O) groups excluding carboxylic acids is 1. The molecule has 0 saturated carbocycles. The topological polar surface area (TPSA) is 59.4 Å². The van der Waals surface area contributed by atoms with Crippen LogP contribution in [-0.2, 0) is 11.3 Å². The zero-order chi connectivity index (χ0) is 20.2. The second-order valence-corrected chi connectivity index (χ2v) is 7.39. The maximum absolute atomic E-state index is 11.8. The first-order valence-corrected chi connectivity index (χ1v) is 9.93. The van der Waals surface area contributed by atoms with Gasteiger partial charge in [-0.2, -0.15) is 5.10 Å². The van der Waals surface area contributed by atoms with E-state index in [0.717, 1.165) is 41.3 Å². The number of aromatic nitrogens is 2. The number of amides is 1. The Balaban J connectivity index is 1.72. The van der Waals surface area contributed by atoms with Crippen molar-refractivity contribution in [3.05, 3.63) is 66.4 Å². The summed E-state index contributed by atoms with van der Waals surface area (Å²) in [6.45, 7) is 4.29. The van der Waals surface area contributed by atoms with Gasteiger partial charge in [-0.15, -0.1) is 0 Å². The average molecular weight is 390 g/mol. The summed E-state index contributed by atoms with van der Waals surface area (Å²) in [5.41, 5.74) is 4.10. The molecule has 2 heterocycles. The lowest BCUT2D eigenvalue weighted by Gasteiger charge is -2.26. The number of hydrogen-bond acceptors (Lipinski definition) is 4. The number of nitrogens with zero attached hydrogens (tertiary/aromatic N) is 3. The summed E-state index contributed by atoms with van der Waals surface area (Å²) >= 11 is 0. The van der Waals surface area contributed by atoms with Gasteiger partial charge in [-0.1, -0.05) is 30.3 Å². The molecule has 3 aromatic rings. The summed E-state index contributed by atoms with van der Waals surface area (Å²) in [6, 6.07) is 18.4. The minimum absolute atomic E-state index is 0.118. The molecule has 0 aliphatic carbocycles. The van der Waals surface area contributed by atoms with Gasteiger partial charge in [0, 0.05) is 49.4 Å². The highest BCUT2D eigenvalue weighted by Gasteiger charge is 2.23. The van der Waals surface area contributed by atoms with Crippen LogP contribution < -0.4 is 10.1 Å². The van der Waals surface area contributed by atoms with Gasteiger partial charge < -0.3 is 10.1 Å². The molecular formula is C23H26N4O2. The number of para-hydroxylation sites is 1. The average Bonchev–Trinajstić information content (AvgIpc) is 3.12. The van der Waals surface area contributed by atoms with E-state index in [2.05, 4.69) is 29.4 Å². The zero-order valence-corrected chi connectivity index (χ0v) is 16.8. The molecule has 1 amide bonds. The molecule has 0 spiro atoms. The molecule has 2 aromatic carbocycles. The van der Waals surface area contributed by atoms with Gasteiger partial charge in [0.25, 0.3) is 0 Å². The van der Waals surface area contributed by atoms with Crippen LogP contribution in [0.1, 0.15) is 18.9 Å². The molecule has 1 aliphatic heterocycles. The van der Waals surface area contributed by atoms with Gasteiger partial charge in [0.15, 0.2) is 0 Å². The summed E-state index contributed by atoms with van der Waals surface area (Å²) in [5, 5.41) is 7.89. The highest BCUT2D eigenvalue weighted by Crippen LogP contribution is 2.28. The fourth-order valence-electron chi connectivity index (χ4n) is 3.65. The maximum Gasteiger partial charge on any atom is 0.221 e. The quantitative estimate of drug-likeness (QED) is 0.727. The normalized spacial score (nSPS) is 17.6. The fraction of sp³-hybridized carbons (Fsp3) is 0.304. The van der Waals surface area contributed by atoms with Gasteiger partial charge in [-0.25, -0.2) is 4.68 Å². The fourth-order valence-corrected chi connectivity index (χ4v) is 3.65. The van der Waals surface area contributed by atoms with Crippen molar-refractivity contribution in [3.63, 3.8) is 0 Å². The maximum atomic E-state index is 11.8. The lowest BCUT2D eigenvalue weighted by Crippen LogP contribution is -2.37. The number of benzene rings is 2. The van der Waals surface area contributed by atoms with Crippen LogP contribution in [0.2, 0.25) is 0 Å². The van der Waals surface area contributed by atoms with Crippen molar-refractivity contribution in [2.45, 2.75) is 25.9 Å². The minimum Gasteiger partial charge on any atom is -0.497 e. The number of carbonyl (C=O) groups is 1. The summed E-state index contributed by atoms with van der Waals surface area (Å²) in [5.74, 6) is 0.924. The molecule has 4 rings (SSSR count). The number of ether oxygens (including phenoxy) is 1. The number of nitrogens with one attached hydrogen (secondary N) is 1. The molecule has 1 fully saturated rings. The van der Waals surface area contributed by atoms with Gasteiger partial charge >= 0.3 is 0 Å². The predicted molar refractivity (Wildman–Crippen MR) is 113 cm³/mol.